The van der Waals surface area contributed by atoms with Crippen molar-refractivity contribution in [3.8, 4) is 0 Å². The maximum absolute atomic E-state index is 12.2. The minimum atomic E-state index is 0.0336. The molecule has 0 saturated heterocycles. The fourth-order valence-corrected chi connectivity index (χ4v) is 2.02. The van der Waals surface area contributed by atoms with E-state index in [4.69, 9.17) is 0 Å². The van der Waals surface area contributed by atoms with Crippen molar-refractivity contribution in [1.29, 1.82) is 0 Å². The smallest absolute Gasteiger partial charge is 0.258 e. The molecule has 1 heterocycles. The van der Waals surface area contributed by atoms with E-state index in [-0.39, 0.29) is 5.91 Å². The van der Waals surface area contributed by atoms with Gasteiger partial charge in [0.15, 0.2) is 0 Å². The summed E-state index contributed by atoms with van der Waals surface area (Å²) in [6.45, 7) is 0.849. The Bertz CT molecular complexity index is 411. The van der Waals surface area contributed by atoms with E-state index in [0.717, 1.165) is 37.2 Å². The van der Waals surface area contributed by atoms with Gasteiger partial charge in [0.2, 0.25) is 0 Å². The van der Waals surface area contributed by atoms with Gasteiger partial charge in [0.25, 0.3) is 5.91 Å². The standard InChI is InChI=1S/C14H18N2O/c1-16(13-10-6-3-7-11-15-13)14(17)12-8-4-2-5-9-12/h2,4-5,8-9H,3,6-7,10-11H2,1H3. The van der Waals surface area contributed by atoms with Gasteiger partial charge in [-0.05, 0) is 25.0 Å². The molecular formula is C14H18N2O. The lowest BCUT2D eigenvalue weighted by atomic mass is 10.1. The molecule has 0 saturated carbocycles. The number of nitrogens with zero attached hydrogens (tertiary/aromatic N) is 2. The van der Waals surface area contributed by atoms with Crippen LogP contribution in [-0.4, -0.2) is 30.2 Å². The zero-order chi connectivity index (χ0) is 12.1. The molecule has 0 aromatic heterocycles. The van der Waals surface area contributed by atoms with Crippen molar-refractivity contribution in [1.82, 2.24) is 4.90 Å². The lowest BCUT2D eigenvalue weighted by Crippen LogP contribution is -2.33. The third-order valence-corrected chi connectivity index (χ3v) is 3.07. The lowest BCUT2D eigenvalue weighted by Gasteiger charge is -2.18. The van der Waals surface area contributed by atoms with Crippen LogP contribution in [0.4, 0.5) is 0 Å². The number of amides is 1. The number of carbonyl (C=O) groups excluding carboxylic acids is 1. The molecule has 0 radical (unpaired) electrons. The number of benzene rings is 1. The summed E-state index contributed by atoms with van der Waals surface area (Å²) in [4.78, 5) is 18.4. The fourth-order valence-electron chi connectivity index (χ4n) is 2.02. The van der Waals surface area contributed by atoms with Crippen molar-refractivity contribution < 1.29 is 4.79 Å². The van der Waals surface area contributed by atoms with Crippen molar-refractivity contribution in [3.05, 3.63) is 35.9 Å². The molecular weight excluding hydrogens is 212 g/mol. The first-order valence-corrected chi connectivity index (χ1v) is 6.15. The highest BCUT2D eigenvalue weighted by Gasteiger charge is 2.17. The van der Waals surface area contributed by atoms with Crippen molar-refractivity contribution in [2.45, 2.75) is 25.7 Å². The molecule has 0 spiro atoms. The predicted molar refractivity (Wildman–Crippen MR) is 69.3 cm³/mol. The van der Waals surface area contributed by atoms with Gasteiger partial charge >= 0.3 is 0 Å². The maximum atomic E-state index is 12.2. The molecule has 0 N–H and O–H groups in total. The molecule has 3 heteroatoms. The molecule has 1 aliphatic heterocycles. The molecule has 3 nitrogen and oxygen atoms in total. The SMILES string of the molecule is CN(C(=O)c1ccccc1)C1=NCCCCC1. The first-order valence-electron chi connectivity index (χ1n) is 6.15. The van der Waals surface area contributed by atoms with E-state index < -0.39 is 0 Å². The highest BCUT2D eigenvalue weighted by Crippen LogP contribution is 2.12. The Morgan fingerprint density at radius 2 is 1.94 bits per heavy atom. The highest BCUT2D eigenvalue weighted by atomic mass is 16.2. The monoisotopic (exact) mass is 230 g/mol. The van der Waals surface area contributed by atoms with E-state index in [2.05, 4.69) is 4.99 Å². The predicted octanol–water partition coefficient (Wildman–Crippen LogP) is 2.73. The number of rotatable bonds is 1. The Kier molecular flexibility index (Phi) is 3.91. The molecule has 1 amide bonds. The van der Waals surface area contributed by atoms with E-state index in [1.807, 2.05) is 37.4 Å². The summed E-state index contributed by atoms with van der Waals surface area (Å²) >= 11 is 0. The van der Waals surface area contributed by atoms with Crippen molar-refractivity contribution >= 4 is 11.7 Å². The van der Waals surface area contributed by atoms with Crippen LogP contribution in [0.3, 0.4) is 0 Å². The van der Waals surface area contributed by atoms with Gasteiger partial charge < -0.3 is 0 Å². The largest absolute Gasteiger partial charge is 0.300 e. The minimum Gasteiger partial charge on any atom is -0.300 e. The normalized spacial score (nSPS) is 15.9. The third-order valence-electron chi connectivity index (χ3n) is 3.07. The van der Waals surface area contributed by atoms with E-state index in [0.29, 0.717) is 0 Å². The molecule has 90 valence electrons. The van der Waals surface area contributed by atoms with Crippen LogP contribution in [0.1, 0.15) is 36.0 Å². The van der Waals surface area contributed by atoms with E-state index >= 15 is 0 Å². The topological polar surface area (TPSA) is 32.7 Å². The van der Waals surface area contributed by atoms with Gasteiger partial charge in [0.1, 0.15) is 5.84 Å². The summed E-state index contributed by atoms with van der Waals surface area (Å²) in [5.41, 5.74) is 0.724. The van der Waals surface area contributed by atoms with Crippen LogP contribution in [0.25, 0.3) is 0 Å². The fraction of sp³-hybridized carbons (Fsp3) is 0.429. The van der Waals surface area contributed by atoms with Crippen LogP contribution in [-0.2, 0) is 0 Å². The van der Waals surface area contributed by atoms with Gasteiger partial charge in [-0.1, -0.05) is 24.6 Å². The van der Waals surface area contributed by atoms with Gasteiger partial charge in [0.05, 0.1) is 0 Å². The van der Waals surface area contributed by atoms with Crippen LogP contribution in [0, 0.1) is 0 Å². The zero-order valence-electron chi connectivity index (χ0n) is 10.2. The van der Waals surface area contributed by atoms with Crippen molar-refractivity contribution in [2.75, 3.05) is 13.6 Å². The Hall–Kier alpha value is -1.64. The molecule has 0 unspecified atom stereocenters. The molecule has 1 aliphatic rings. The number of carbonyl (C=O) groups is 1. The molecule has 0 aliphatic carbocycles. The third kappa shape index (κ3) is 2.93. The zero-order valence-corrected chi connectivity index (χ0v) is 10.2. The van der Waals surface area contributed by atoms with Gasteiger partial charge in [0, 0.05) is 25.6 Å². The Balaban J connectivity index is 2.11. The van der Waals surface area contributed by atoms with Gasteiger partial charge in [-0.25, -0.2) is 0 Å². The summed E-state index contributed by atoms with van der Waals surface area (Å²) in [6, 6.07) is 9.37. The molecule has 0 fully saturated rings. The molecule has 0 atom stereocenters. The lowest BCUT2D eigenvalue weighted by molar-refractivity contribution is 0.0868. The molecule has 1 aromatic rings. The highest BCUT2D eigenvalue weighted by molar-refractivity contribution is 6.06. The second-order valence-electron chi connectivity index (χ2n) is 4.34. The summed E-state index contributed by atoms with van der Waals surface area (Å²) < 4.78 is 0. The summed E-state index contributed by atoms with van der Waals surface area (Å²) in [6.07, 6.45) is 4.39. The average Bonchev–Trinajstić information content (AvgIpc) is 2.67. The minimum absolute atomic E-state index is 0.0336. The second-order valence-corrected chi connectivity index (χ2v) is 4.34. The summed E-state index contributed by atoms with van der Waals surface area (Å²) in [7, 11) is 1.82. The Morgan fingerprint density at radius 1 is 1.18 bits per heavy atom. The molecule has 2 rings (SSSR count). The van der Waals surface area contributed by atoms with E-state index in [9.17, 15) is 4.79 Å². The quantitative estimate of drug-likeness (QED) is 0.730. The van der Waals surface area contributed by atoms with Crippen molar-refractivity contribution in [2.24, 2.45) is 4.99 Å². The van der Waals surface area contributed by atoms with Crippen LogP contribution in [0.15, 0.2) is 35.3 Å². The first kappa shape index (κ1) is 11.8. The van der Waals surface area contributed by atoms with E-state index in [1.54, 1.807) is 4.90 Å². The van der Waals surface area contributed by atoms with Gasteiger partial charge in [-0.15, -0.1) is 0 Å². The number of hydrogen-bond acceptors (Lipinski definition) is 2. The van der Waals surface area contributed by atoms with Gasteiger partial charge in [-0.3, -0.25) is 14.7 Å². The molecule has 17 heavy (non-hydrogen) atoms. The number of hydrogen-bond donors (Lipinski definition) is 0. The van der Waals surface area contributed by atoms with Gasteiger partial charge in [-0.2, -0.15) is 0 Å². The summed E-state index contributed by atoms with van der Waals surface area (Å²) in [5, 5.41) is 0. The molecule has 1 aromatic carbocycles. The van der Waals surface area contributed by atoms with Crippen LogP contribution in [0.2, 0.25) is 0 Å². The Morgan fingerprint density at radius 3 is 2.71 bits per heavy atom. The summed E-state index contributed by atoms with van der Waals surface area (Å²) in [5.74, 6) is 0.961. The second kappa shape index (κ2) is 5.62. The van der Waals surface area contributed by atoms with Crippen LogP contribution in [0.5, 0.6) is 0 Å². The van der Waals surface area contributed by atoms with Crippen LogP contribution >= 0.6 is 0 Å². The van der Waals surface area contributed by atoms with E-state index in [1.165, 1.54) is 6.42 Å². The number of aliphatic imine (C=N–C) groups is 1. The number of amidine groups is 1. The molecule has 0 bridgehead atoms. The van der Waals surface area contributed by atoms with Crippen molar-refractivity contribution in [3.63, 3.8) is 0 Å². The van der Waals surface area contributed by atoms with Crippen LogP contribution < -0.4 is 0 Å². The average molecular weight is 230 g/mol. The maximum Gasteiger partial charge on any atom is 0.258 e. The Labute approximate surface area is 102 Å². The first-order chi connectivity index (χ1) is 8.29.